The maximum atomic E-state index is 12.4. The maximum Gasteiger partial charge on any atom is 0.263 e. The number of H-pyrrole nitrogens is 1. The number of nitrogens with zero attached hydrogens (tertiary/aromatic N) is 2. The van der Waals surface area contributed by atoms with Crippen LogP contribution in [0.5, 0.6) is 5.75 Å². The lowest BCUT2D eigenvalue weighted by Gasteiger charge is -2.04. The van der Waals surface area contributed by atoms with Gasteiger partial charge in [0.15, 0.2) is 5.82 Å². The summed E-state index contributed by atoms with van der Waals surface area (Å²) in [6.07, 6.45) is 0.867. The van der Waals surface area contributed by atoms with Gasteiger partial charge in [-0.25, -0.2) is 0 Å². The molecule has 1 aliphatic rings. The van der Waals surface area contributed by atoms with Gasteiger partial charge in [-0.3, -0.25) is 4.79 Å². The van der Waals surface area contributed by atoms with Crippen LogP contribution in [0.15, 0.2) is 45.7 Å². The van der Waals surface area contributed by atoms with Crippen molar-refractivity contribution in [3.05, 3.63) is 52.6 Å². The zero-order valence-electron chi connectivity index (χ0n) is 13.7. The van der Waals surface area contributed by atoms with Crippen molar-refractivity contribution in [2.24, 2.45) is 0 Å². The number of aromatic nitrogens is 3. The number of hydrogen-bond donors (Lipinski definition) is 1. The van der Waals surface area contributed by atoms with E-state index in [2.05, 4.69) is 15.1 Å². The molecule has 0 unspecified atom stereocenters. The minimum Gasteiger partial charge on any atom is -0.497 e. The summed E-state index contributed by atoms with van der Waals surface area (Å²) < 4.78 is 15.7. The Morgan fingerprint density at radius 1 is 1.20 bits per heavy atom. The fraction of sp³-hybridized carbons (Fsp3) is 0.278. The fourth-order valence-electron chi connectivity index (χ4n) is 2.83. The van der Waals surface area contributed by atoms with E-state index >= 15 is 0 Å². The molecule has 25 heavy (non-hydrogen) atoms. The number of benzene rings is 1. The van der Waals surface area contributed by atoms with E-state index in [4.69, 9.17) is 14.0 Å². The van der Waals surface area contributed by atoms with Gasteiger partial charge in [0.05, 0.1) is 13.7 Å². The first kappa shape index (κ1) is 15.6. The highest BCUT2D eigenvalue weighted by Crippen LogP contribution is 2.25. The van der Waals surface area contributed by atoms with Gasteiger partial charge in [0.25, 0.3) is 11.4 Å². The normalized spacial score (nSPS) is 16.9. The van der Waals surface area contributed by atoms with Crippen molar-refractivity contribution in [1.82, 2.24) is 15.1 Å². The fourth-order valence-corrected chi connectivity index (χ4v) is 2.83. The van der Waals surface area contributed by atoms with Gasteiger partial charge < -0.3 is 19.0 Å². The first-order valence-electron chi connectivity index (χ1n) is 8.04. The van der Waals surface area contributed by atoms with E-state index in [1.54, 1.807) is 13.2 Å². The second kappa shape index (κ2) is 6.52. The quantitative estimate of drug-likeness (QED) is 0.786. The number of pyridine rings is 1. The summed E-state index contributed by atoms with van der Waals surface area (Å²) >= 11 is 0. The van der Waals surface area contributed by atoms with Gasteiger partial charge in [-0.15, -0.1) is 0 Å². The van der Waals surface area contributed by atoms with E-state index in [0.29, 0.717) is 30.3 Å². The molecule has 0 aliphatic carbocycles. The molecule has 0 bridgehead atoms. The SMILES string of the molecule is COc1ccc(-c2ccc(-c3nc([C@@H]4CCOC4)no3)c(=O)[nH]2)cc1. The molecule has 1 fully saturated rings. The molecule has 0 radical (unpaired) electrons. The highest BCUT2D eigenvalue weighted by molar-refractivity contribution is 5.63. The summed E-state index contributed by atoms with van der Waals surface area (Å²) in [7, 11) is 1.61. The van der Waals surface area contributed by atoms with Crippen LogP contribution in [-0.4, -0.2) is 35.4 Å². The molecule has 7 nitrogen and oxygen atoms in total. The summed E-state index contributed by atoms with van der Waals surface area (Å²) in [5, 5.41) is 3.98. The van der Waals surface area contributed by atoms with Gasteiger partial charge >= 0.3 is 0 Å². The van der Waals surface area contributed by atoms with Crippen molar-refractivity contribution in [1.29, 1.82) is 0 Å². The van der Waals surface area contributed by atoms with Crippen LogP contribution in [0.25, 0.3) is 22.7 Å². The number of methoxy groups -OCH3 is 1. The lowest BCUT2D eigenvalue weighted by Crippen LogP contribution is -2.09. The van der Waals surface area contributed by atoms with Gasteiger partial charge in [0.2, 0.25) is 0 Å². The number of ether oxygens (including phenoxy) is 2. The minimum atomic E-state index is -0.272. The van der Waals surface area contributed by atoms with Gasteiger partial charge in [0, 0.05) is 18.2 Å². The van der Waals surface area contributed by atoms with E-state index in [1.807, 2.05) is 30.3 Å². The minimum absolute atomic E-state index is 0.134. The van der Waals surface area contributed by atoms with Crippen molar-refractivity contribution in [3.63, 3.8) is 0 Å². The Hall–Kier alpha value is -2.93. The second-order valence-corrected chi connectivity index (χ2v) is 5.86. The van der Waals surface area contributed by atoms with Crippen LogP contribution in [0.2, 0.25) is 0 Å². The number of nitrogens with one attached hydrogen (secondary N) is 1. The Morgan fingerprint density at radius 3 is 2.72 bits per heavy atom. The first-order chi connectivity index (χ1) is 12.2. The van der Waals surface area contributed by atoms with Gasteiger partial charge in [-0.1, -0.05) is 5.16 Å². The third kappa shape index (κ3) is 3.06. The summed E-state index contributed by atoms with van der Waals surface area (Å²) in [6.45, 7) is 1.29. The Labute approximate surface area is 143 Å². The standard InChI is InChI=1S/C18H17N3O4/c1-23-13-4-2-11(3-5-13)15-7-6-14(17(22)19-15)18-20-16(21-25-18)12-8-9-24-10-12/h2-7,12H,8-10H2,1H3,(H,19,22)/t12-/m1/s1. The molecule has 1 aromatic carbocycles. The number of rotatable bonds is 4. The highest BCUT2D eigenvalue weighted by Gasteiger charge is 2.24. The van der Waals surface area contributed by atoms with E-state index < -0.39 is 0 Å². The molecule has 1 N–H and O–H groups in total. The second-order valence-electron chi connectivity index (χ2n) is 5.86. The molecule has 2 aromatic heterocycles. The third-order valence-corrected chi connectivity index (χ3v) is 4.28. The lowest BCUT2D eigenvalue weighted by atomic mass is 10.1. The molecular formula is C18H17N3O4. The zero-order valence-corrected chi connectivity index (χ0v) is 13.7. The molecule has 1 atom stereocenters. The molecule has 128 valence electrons. The van der Waals surface area contributed by atoms with Crippen LogP contribution >= 0.6 is 0 Å². The largest absolute Gasteiger partial charge is 0.497 e. The smallest absolute Gasteiger partial charge is 0.263 e. The van der Waals surface area contributed by atoms with E-state index in [0.717, 1.165) is 17.7 Å². The van der Waals surface area contributed by atoms with Crippen LogP contribution in [0, 0.1) is 0 Å². The predicted molar refractivity (Wildman–Crippen MR) is 90.5 cm³/mol. The molecule has 3 aromatic rings. The van der Waals surface area contributed by atoms with Crippen molar-refractivity contribution in [2.75, 3.05) is 20.3 Å². The summed E-state index contributed by atoms with van der Waals surface area (Å²) in [5.41, 5.74) is 1.68. The predicted octanol–water partition coefficient (Wildman–Crippen LogP) is 2.60. The third-order valence-electron chi connectivity index (χ3n) is 4.28. The number of aromatic amines is 1. The molecule has 1 aliphatic heterocycles. The van der Waals surface area contributed by atoms with Crippen LogP contribution < -0.4 is 10.3 Å². The topological polar surface area (TPSA) is 90.2 Å². The average molecular weight is 339 g/mol. The van der Waals surface area contributed by atoms with Crippen molar-refractivity contribution < 1.29 is 14.0 Å². The molecule has 3 heterocycles. The Bertz CT molecular complexity index is 924. The molecule has 0 spiro atoms. The summed E-state index contributed by atoms with van der Waals surface area (Å²) in [6, 6.07) is 11.0. The Morgan fingerprint density at radius 2 is 2.04 bits per heavy atom. The van der Waals surface area contributed by atoms with Gasteiger partial charge in [0.1, 0.15) is 11.3 Å². The van der Waals surface area contributed by atoms with E-state index in [-0.39, 0.29) is 17.4 Å². The molecule has 0 saturated carbocycles. The number of hydrogen-bond acceptors (Lipinski definition) is 6. The summed E-state index contributed by atoms with van der Waals surface area (Å²) in [4.78, 5) is 19.6. The first-order valence-corrected chi connectivity index (χ1v) is 8.04. The van der Waals surface area contributed by atoms with Gasteiger partial charge in [-0.05, 0) is 48.4 Å². The van der Waals surface area contributed by atoms with Crippen molar-refractivity contribution >= 4 is 0 Å². The maximum absolute atomic E-state index is 12.4. The molecule has 1 saturated heterocycles. The Balaban J connectivity index is 1.62. The highest BCUT2D eigenvalue weighted by atomic mass is 16.5. The monoisotopic (exact) mass is 339 g/mol. The van der Waals surface area contributed by atoms with Crippen molar-refractivity contribution in [2.45, 2.75) is 12.3 Å². The summed E-state index contributed by atoms with van der Waals surface area (Å²) in [5.74, 6) is 1.71. The molecule has 4 rings (SSSR count). The Kier molecular flexibility index (Phi) is 4.07. The molecule has 7 heteroatoms. The molecule has 0 amide bonds. The zero-order chi connectivity index (χ0) is 17.2. The van der Waals surface area contributed by atoms with Crippen LogP contribution in [-0.2, 0) is 4.74 Å². The lowest BCUT2D eigenvalue weighted by molar-refractivity contribution is 0.192. The van der Waals surface area contributed by atoms with E-state index in [9.17, 15) is 4.79 Å². The molecular weight excluding hydrogens is 322 g/mol. The van der Waals surface area contributed by atoms with Crippen LogP contribution in [0.4, 0.5) is 0 Å². The van der Waals surface area contributed by atoms with Crippen molar-refractivity contribution in [3.8, 4) is 28.5 Å². The van der Waals surface area contributed by atoms with Crippen LogP contribution in [0.3, 0.4) is 0 Å². The van der Waals surface area contributed by atoms with E-state index in [1.165, 1.54) is 0 Å². The van der Waals surface area contributed by atoms with Gasteiger partial charge in [-0.2, -0.15) is 4.98 Å². The average Bonchev–Trinajstić information content (AvgIpc) is 3.33. The van der Waals surface area contributed by atoms with Crippen LogP contribution in [0.1, 0.15) is 18.2 Å².